The van der Waals surface area contributed by atoms with Gasteiger partial charge in [0, 0.05) is 19.4 Å². The quantitative estimate of drug-likeness (QED) is 0.440. The second-order valence-electron chi connectivity index (χ2n) is 7.34. The smallest absolute Gasteiger partial charge is 0.407 e. The van der Waals surface area contributed by atoms with Gasteiger partial charge in [0.2, 0.25) is 11.8 Å². The van der Waals surface area contributed by atoms with E-state index in [0.29, 0.717) is 24.9 Å². The first kappa shape index (κ1) is 24.4. The van der Waals surface area contributed by atoms with Crippen LogP contribution >= 0.6 is 0 Å². The number of carbonyl (C=O) groups excluding carboxylic acids is 3. The Morgan fingerprint density at radius 2 is 1.75 bits per heavy atom. The van der Waals surface area contributed by atoms with E-state index in [-0.39, 0.29) is 25.4 Å². The minimum atomic E-state index is -0.836. The molecule has 0 fully saturated rings. The van der Waals surface area contributed by atoms with Crippen LogP contribution in [-0.2, 0) is 27.4 Å². The lowest BCUT2D eigenvalue weighted by molar-refractivity contribution is -0.127. The number of nitrogens with zero attached hydrogens (tertiary/aromatic N) is 1. The number of amides is 3. The van der Waals surface area contributed by atoms with Gasteiger partial charge in [-0.15, -0.1) is 0 Å². The van der Waals surface area contributed by atoms with E-state index in [4.69, 9.17) is 15.7 Å². The first-order valence-electron chi connectivity index (χ1n) is 10.5. The second kappa shape index (κ2) is 13.4. The molecule has 2 aromatic rings. The lowest BCUT2D eigenvalue weighted by Gasteiger charge is -2.16. The second-order valence-corrected chi connectivity index (χ2v) is 7.34. The maximum absolute atomic E-state index is 12.2. The number of carbonyl (C=O) groups is 3. The van der Waals surface area contributed by atoms with Crippen molar-refractivity contribution >= 4 is 17.9 Å². The van der Waals surface area contributed by atoms with Crippen LogP contribution in [0.3, 0.4) is 0 Å². The number of hydrogen-bond donors (Lipinski definition) is 3. The number of primary amides is 1. The molecule has 0 saturated heterocycles. The van der Waals surface area contributed by atoms with Gasteiger partial charge in [-0.05, 0) is 36.1 Å². The largest absolute Gasteiger partial charge is 0.445 e. The lowest BCUT2D eigenvalue weighted by Crippen LogP contribution is -2.45. The Labute approximate surface area is 187 Å². The third-order valence-electron chi connectivity index (χ3n) is 4.74. The van der Waals surface area contributed by atoms with Gasteiger partial charge in [0.15, 0.2) is 0 Å². The highest BCUT2D eigenvalue weighted by Gasteiger charge is 2.18. The Hall–Kier alpha value is -3.86. The fourth-order valence-corrected chi connectivity index (χ4v) is 3.04. The Morgan fingerprint density at radius 3 is 2.47 bits per heavy atom. The minimum Gasteiger partial charge on any atom is -0.445 e. The summed E-state index contributed by atoms with van der Waals surface area (Å²) in [5.41, 5.74) is 7.56. The number of nitrogens with two attached hydrogens (primary N) is 1. The molecule has 168 valence electrons. The van der Waals surface area contributed by atoms with Gasteiger partial charge in [0.1, 0.15) is 12.6 Å². The molecular weight excluding hydrogens is 408 g/mol. The van der Waals surface area contributed by atoms with Crippen molar-refractivity contribution < 1.29 is 19.1 Å². The molecule has 0 bridgehead atoms. The van der Waals surface area contributed by atoms with Gasteiger partial charge in [0.25, 0.3) is 0 Å². The Bertz CT molecular complexity index is 941. The predicted molar refractivity (Wildman–Crippen MR) is 119 cm³/mol. The summed E-state index contributed by atoms with van der Waals surface area (Å²) in [6.45, 7) is 0.670. The molecule has 8 nitrogen and oxygen atoms in total. The minimum absolute atomic E-state index is 0.217. The van der Waals surface area contributed by atoms with Crippen LogP contribution in [0.2, 0.25) is 0 Å². The molecule has 0 unspecified atom stereocenters. The zero-order chi connectivity index (χ0) is 23.2. The molecule has 0 aliphatic heterocycles. The van der Waals surface area contributed by atoms with Crippen molar-refractivity contribution in [2.45, 2.75) is 44.8 Å². The number of ether oxygens (including phenoxy) is 1. The van der Waals surface area contributed by atoms with Crippen LogP contribution in [0.1, 0.15) is 42.4 Å². The predicted octanol–water partition coefficient (Wildman–Crippen LogP) is 2.56. The SMILES string of the molecule is N#Cc1cccc(C[C@@H](NC(=O)CCCCCNC(=O)OCc2ccccc2)C(N)=O)c1. The fourth-order valence-electron chi connectivity index (χ4n) is 3.04. The molecule has 3 amide bonds. The molecule has 4 N–H and O–H groups in total. The molecule has 0 aliphatic carbocycles. The van der Waals surface area contributed by atoms with Gasteiger partial charge in [-0.2, -0.15) is 5.26 Å². The number of nitriles is 1. The number of rotatable bonds is 12. The Morgan fingerprint density at radius 1 is 1.00 bits per heavy atom. The van der Waals surface area contributed by atoms with E-state index in [1.807, 2.05) is 36.4 Å². The van der Waals surface area contributed by atoms with Crippen LogP contribution in [-0.4, -0.2) is 30.5 Å². The summed E-state index contributed by atoms with van der Waals surface area (Å²) >= 11 is 0. The monoisotopic (exact) mass is 436 g/mol. The summed E-state index contributed by atoms with van der Waals surface area (Å²) in [5, 5.41) is 14.3. The first-order valence-corrected chi connectivity index (χ1v) is 10.5. The van der Waals surface area contributed by atoms with E-state index >= 15 is 0 Å². The molecule has 2 rings (SSSR count). The van der Waals surface area contributed by atoms with E-state index < -0.39 is 18.0 Å². The van der Waals surface area contributed by atoms with Gasteiger partial charge in [-0.1, -0.05) is 48.9 Å². The van der Waals surface area contributed by atoms with Crippen LogP contribution in [0.5, 0.6) is 0 Å². The molecule has 0 aliphatic rings. The average Bonchev–Trinajstić information content (AvgIpc) is 2.80. The van der Waals surface area contributed by atoms with E-state index in [1.165, 1.54) is 0 Å². The van der Waals surface area contributed by atoms with E-state index in [0.717, 1.165) is 17.5 Å². The van der Waals surface area contributed by atoms with Crippen LogP contribution < -0.4 is 16.4 Å². The summed E-state index contributed by atoms with van der Waals surface area (Å²) in [6, 6.07) is 17.4. The van der Waals surface area contributed by atoms with Gasteiger partial charge < -0.3 is 21.1 Å². The van der Waals surface area contributed by atoms with E-state index in [1.54, 1.807) is 24.3 Å². The fraction of sp³-hybridized carbons (Fsp3) is 0.333. The summed E-state index contributed by atoms with van der Waals surface area (Å²) in [4.78, 5) is 35.6. The van der Waals surface area contributed by atoms with E-state index in [9.17, 15) is 14.4 Å². The van der Waals surface area contributed by atoms with E-state index in [2.05, 4.69) is 10.6 Å². The highest BCUT2D eigenvalue weighted by atomic mass is 16.5. The molecule has 8 heteroatoms. The molecular formula is C24H28N4O4. The standard InChI is InChI=1S/C24H28N4O4/c25-16-20-11-7-10-19(14-20)15-21(23(26)30)28-22(29)12-5-2-6-13-27-24(31)32-17-18-8-3-1-4-9-18/h1,3-4,7-11,14,21H,2,5-6,12-13,15,17H2,(H2,26,30)(H,27,31)(H,28,29)/t21-/m1/s1. The van der Waals surface area contributed by atoms with Crippen LogP contribution in [0.25, 0.3) is 0 Å². The average molecular weight is 437 g/mol. The van der Waals surface area contributed by atoms with Gasteiger partial charge in [-0.3, -0.25) is 9.59 Å². The molecule has 0 heterocycles. The number of nitrogens with one attached hydrogen (secondary N) is 2. The lowest BCUT2D eigenvalue weighted by atomic mass is 10.0. The van der Waals surface area contributed by atoms with Crippen LogP contribution in [0.15, 0.2) is 54.6 Å². The highest BCUT2D eigenvalue weighted by Crippen LogP contribution is 2.08. The summed E-state index contributed by atoms with van der Waals surface area (Å²) in [7, 11) is 0. The zero-order valence-corrected chi connectivity index (χ0v) is 17.9. The summed E-state index contributed by atoms with van der Waals surface area (Å²) in [5.74, 6) is -0.889. The van der Waals surface area contributed by atoms with Crippen molar-refractivity contribution in [3.05, 3.63) is 71.3 Å². The maximum atomic E-state index is 12.2. The molecule has 0 spiro atoms. The Kier molecular flexibility index (Phi) is 10.3. The van der Waals surface area contributed by atoms with Crippen molar-refractivity contribution in [1.29, 1.82) is 5.26 Å². The van der Waals surface area contributed by atoms with Crippen molar-refractivity contribution in [2.24, 2.45) is 5.73 Å². The zero-order valence-electron chi connectivity index (χ0n) is 17.9. The van der Waals surface area contributed by atoms with Crippen LogP contribution in [0.4, 0.5) is 4.79 Å². The van der Waals surface area contributed by atoms with Gasteiger partial charge in [-0.25, -0.2) is 4.79 Å². The van der Waals surface area contributed by atoms with Crippen molar-refractivity contribution in [3.63, 3.8) is 0 Å². The molecule has 0 radical (unpaired) electrons. The van der Waals surface area contributed by atoms with Gasteiger partial charge in [0.05, 0.1) is 11.6 Å². The third-order valence-corrected chi connectivity index (χ3v) is 4.74. The molecule has 0 aromatic heterocycles. The van der Waals surface area contributed by atoms with Crippen molar-refractivity contribution in [3.8, 4) is 6.07 Å². The first-order chi connectivity index (χ1) is 15.5. The van der Waals surface area contributed by atoms with Crippen LogP contribution in [0, 0.1) is 11.3 Å². The highest BCUT2D eigenvalue weighted by molar-refractivity contribution is 5.86. The molecule has 1 atom stereocenters. The Balaban J connectivity index is 1.60. The third kappa shape index (κ3) is 9.30. The van der Waals surface area contributed by atoms with Crippen molar-refractivity contribution in [1.82, 2.24) is 10.6 Å². The summed E-state index contributed by atoms with van der Waals surface area (Å²) < 4.78 is 5.13. The number of alkyl carbamates (subject to hydrolysis) is 1. The normalized spacial score (nSPS) is 11.1. The number of unbranched alkanes of at least 4 members (excludes halogenated alkanes) is 2. The van der Waals surface area contributed by atoms with Gasteiger partial charge >= 0.3 is 6.09 Å². The topological polar surface area (TPSA) is 134 Å². The number of benzene rings is 2. The number of hydrogen-bond acceptors (Lipinski definition) is 5. The molecule has 32 heavy (non-hydrogen) atoms. The molecule has 0 saturated carbocycles. The molecule has 2 aromatic carbocycles. The summed E-state index contributed by atoms with van der Waals surface area (Å²) in [6.07, 6.45) is 2.05. The van der Waals surface area contributed by atoms with Crippen molar-refractivity contribution in [2.75, 3.05) is 6.54 Å². The maximum Gasteiger partial charge on any atom is 0.407 e.